The van der Waals surface area contributed by atoms with Crippen molar-refractivity contribution in [1.82, 2.24) is 15.2 Å². The Morgan fingerprint density at radius 2 is 1.66 bits per heavy atom. The van der Waals surface area contributed by atoms with Crippen molar-refractivity contribution in [1.29, 1.82) is 0 Å². The molecule has 1 aliphatic heterocycles. The summed E-state index contributed by atoms with van der Waals surface area (Å²) in [5, 5.41) is 0. The molecule has 0 saturated carbocycles. The summed E-state index contributed by atoms with van der Waals surface area (Å²) < 4.78 is 24.9. The zero-order valence-corrected chi connectivity index (χ0v) is 20.1. The van der Waals surface area contributed by atoms with Crippen LogP contribution in [0, 0.1) is 13.8 Å². The summed E-state index contributed by atoms with van der Waals surface area (Å²) in [6.07, 6.45) is 2.16. The first-order valence-corrected chi connectivity index (χ1v) is 12.6. The van der Waals surface area contributed by atoms with Crippen molar-refractivity contribution in [3.63, 3.8) is 0 Å². The Labute approximate surface area is 197 Å². The number of sulfonamides is 1. The van der Waals surface area contributed by atoms with Gasteiger partial charge in [0, 0.05) is 13.0 Å². The maximum atomic E-state index is 12.7. The van der Waals surface area contributed by atoms with Gasteiger partial charge < -0.3 is 0 Å². The lowest BCUT2D eigenvalue weighted by molar-refractivity contribution is -0.124. The van der Waals surface area contributed by atoms with Crippen molar-refractivity contribution >= 4 is 56.2 Å². The molecular formula is C22H23N3O4S3. The molecule has 32 heavy (non-hydrogen) atoms. The maximum absolute atomic E-state index is 12.7. The van der Waals surface area contributed by atoms with Crippen LogP contribution in [0.5, 0.6) is 0 Å². The predicted octanol–water partition coefficient (Wildman–Crippen LogP) is 3.29. The van der Waals surface area contributed by atoms with Crippen LogP contribution < -0.4 is 10.3 Å². The van der Waals surface area contributed by atoms with E-state index in [0.717, 1.165) is 16.7 Å². The van der Waals surface area contributed by atoms with Crippen LogP contribution in [0.15, 0.2) is 58.3 Å². The number of aryl methyl sites for hydroxylation is 2. The minimum atomic E-state index is -3.85. The molecule has 1 fully saturated rings. The van der Waals surface area contributed by atoms with E-state index in [1.807, 2.05) is 38.1 Å². The number of amides is 2. The van der Waals surface area contributed by atoms with E-state index in [4.69, 9.17) is 12.2 Å². The van der Waals surface area contributed by atoms with Gasteiger partial charge in [-0.2, -0.15) is 0 Å². The van der Waals surface area contributed by atoms with Gasteiger partial charge in [-0.05, 0) is 44.0 Å². The lowest BCUT2D eigenvalue weighted by atomic mass is 10.1. The zero-order chi connectivity index (χ0) is 23.3. The molecule has 3 rings (SSSR count). The Kier molecular flexibility index (Phi) is 7.83. The average molecular weight is 490 g/mol. The quantitative estimate of drug-likeness (QED) is 0.336. The number of thiocarbonyl (C=S) groups is 1. The van der Waals surface area contributed by atoms with Crippen LogP contribution in [0.1, 0.15) is 29.5 Å². The third-order valence-electron chi connectivity index (χ3n) is 4.69. The van der Waals surface area contributed by atoms with Crippen molar-refractivity contribution in [3.05, 3.63) is 70.1 Å². The minimum Gasteiger partial charge on any atom is -0.293 e. The summed E-state index contributed by atoms with van der Waals surface area (Å²) in [6, 6.07) is 14.1. The molecule has 1 aliphatic rings. The van der Waals surface area contributed by atoms with E-state index < -0.39 is 15.9 Å². The van der Waals surface area contributed by atoms with Crippen molar-refractivity contribution in [2.24, 2.45) is 0 Å². The number of carbonyl (C=O) groups excluding carboxylic acids is 2. The first kappa shape index (κ1) is 24.1. The number of rotatable bonds is 8. The lowest BCUT2D eigenvalue weighted by Crippen LogP contribution is -2.41. The molecule has 2 N–H and O–H groups in total. The lowest BCUT2D eigenvalue weighted by Gasteiger charge is -2.14. The second-order valence-corrected chi connectivity index (χ2v) is 10.7. The summed E-state index contributed by atoms with van der Waals surface area (Å²) in [5.41, 5.74) is 5.17. The molecule has 0 aliphatic carbocycles. The van der Waals surface area contributed by atoms with Crippen LogP contribution in [0.3, 0.4) is 0 Å². The number of benzene rings is 2. The number of thioether (sulfide) groups is 1. The zero-order valence-electron chi connectivity index (χ0n) is 17.6. The Hall–Kier alpha value is -2.53. The number of nitrogens with one attached hydrogen (secondary N) is 2. The number of hydrogen-bond donors (Lipinski definition) is 2. The van der Waals surface area contributed by atoms with E-state index in [1.54, 1.807) is 18.2 Å². The number of carbonyl (C=O) groups is 2. The van der Waals surface area contributed by atoms with E-state index >= 15 is 0 Å². The monoisotopic (exact) mass is 489 g/mol. The maximum Gasteiger partial charge on any atom is 0.266 e. The molecule has 7 nitrogen and oxygen atoms in total. The molecule has 2 amide bonds. The van der Waals surface area contributed by atoms with Gasteiger partial charge in [-0.15, -0.1) is 4.83 Å². The van der Waals surface area contributed by atoms with E-state index in [0.29, 0.717) is 15.6 Å². The summed E-state index contributed by atoms with van der Waals surface area (Å²) in [7, 11) is -3.85. The second kappa shape index (κ2) is 10.4. The highest BCUT2D eigenvalue weighted by Crippen LogP contribution is 2.32. The molecule has 0 spiro atoms. The molecule has 10 heteroatoms. The van der Waals surface area contributed by atoms with Gasteiger partial charge >= 0.3 is 0 Å². The molecular weight excluding hydrogens is 466 g/mol. The van der Waals surface area contributed by atoms with Crippen LogP contribution in [-0.4, -0.2) is 36.0 Å². The van der Waals surface area contributed by atoms with Crippen molar-refractivity contribution < 1.29 is 18.0 Å². The highest BCUT2D eigenvalue weighted by Gasteiger charge is 2.31. The molecule has 0 atom stereocenters. The van der Waals surface area contributed by atoms with Gasteiger partial charge in [-0.3, -0.25) is 19.9 Å². The van der Waals surface area contributed by atoms with E-state index in [2.05, 4.69) is 10.3 Å². The Morgan fingerprint density at radius 1 is 1.06 bits per heavy atom. The molecule has 0 bridgehead atoms. The van der Waals surface area contributed by atoms with Gasteiger partial charge in [-0.25, -0.2) is 8.42 Å². The van der Waals surface area contributed by atoms with Gasteiger partial charge in [0.05, 0.1) is 9.80 Å². The van der Waals surface area contributed by atoms with Gasteiger partial charge in [0.15, 0.2) is 0 Å². The summed E-state index contributed by atoms with van der Waals surface area (Å²) in [5.74, 6) is -0.692. The minimum absolute atomic E-state index is 0.0322. The fourth-order valence-corrected chi connectivity index (χ4v) is 5.04. The Morgan fingerprint density at radius 3 is 2.28 bits per heavy atom. The van der Waals surface area contributed by atoms with Gasteiger partial charge in [0.1, 0.15) is 4.32 Å². The van der Waals surface area contributed by atoms with E-state index in [1.165, 1.54) is 28.8 Å². The van der Waals surface area contributed by atoms with E-state index in [9.17, 15) is 18.0 Å². The SMILES string of the molecule is Cc1ccc(/C=C2/SC(=S)N(CCCC(=O)NNS(=O)(=O)c3ccc(C)cc3)C2=O)cc1. The standard InChI is InChI=1S/C22H23N3O4S3/c1-15-5-9-17(10-6-15)14-19-21(27)25(22(30)31-19)13-3-4-20(26)23-24-32(28,29)18-11-7-16(2)8-12-18/h5-12,14,24H,3-4,13H2,1-2H3,(H,23,26)/b19-14+. The number of hydrogen-bond acceptors (Lipinski definition) is 6. The predicted molar refractivity (Wildman–Crippen MR) is 130 cm³/mol. The van der Waals surface area contributed by atoms with Crippen LogP contribution in [0.25, 0.3) is 6.08 Å². The van der Waals surface area contributed by atoms with Gasteiger partial charge in [0.2, 0.25) is 5.91 Å². The number of hydrazine groups is 1. The molecule has 2 aromatic rings. The fourth-order valence-electron chi connectivity index (χ4n) is 2.87. The van der Waals surface area contributed by atoms with Gasteiger partial charge in [0.25, 0.3) is 15.9 Å². The molecule has 1 saturated heterocycles. The average Bonchev–Trinajstić information content (AvgIpc) is 3.01. The first-order valence-electron chi connectivity index (χ1n) is 9.85. The molecule has 0 unspecified atom stereocenters. The first-order chi connectivity index (χ1) is 15.2. The van der Waals surface area contributed by atoms with Crippen LogP contribution in [0.2, 0.25) is 0 Å². The van der Waals surface area contributed by atoms with Crippen LogP contribution in [-0.2, 0) is 19.6 Å². The smallest absolute Gasteiger partial charge is 0.266 e. The Bertz CT molecular complexity index is 1160. The highest BCUT2D eigenvalue weighted by atomic mass is 32.2. The molecule has 0 aromatic heterocycles. The topological polar surface area (TPSA) is 95.6 Å². The fraction of sp³-hybridized carbons (Fsp3) is 0.227. The van der Waals surface area contributed by atoms with Crippen LogP contribution in [0.4, 0.5) is 0 Å². The van der Waals surface area contributed by atoms with Gasteiger partial charge in [-0.1, -0.05) is 71.5 Å². The third kappa shape index (κ3) is 6.26. The molecule has 0 radical (unpaired) electrons. The molecule has 1 heterocycles. The normalized spacial score (nSPS) is 15.4. The van der Waals surface area contributed by atoms with Crippen molar-refractivity contribution in [2.45, 2.75) is 31.6 Å². The van der Waals surface area contributed by atoms with Crippen LogP contribution >= 0.6 is 24.0 Å². The third-order valence-corrected chi connectivity index (χ3v) is 7.33. The Balaban J connectivity index is 1.48. The largest absolute Gasteiger partial charge is 0.293 e. The molecule has 2 aromatic carbocycles. The van der Waals surface area contributed by atoms with Crippen molar-refractivity contribution in [3.8, 4) is 0 Å². The molecule has 168 valence electrons. The van der Waals surface area contributed by atoms with E-state index in [-0.39, 0.29) is 23.8 Å². The summed E-state index contributed by atoms with van der Waals surface area (Å²) in [4.78, 5) is 28.8. The highest BCUT2D eigenvalue weighted by molar-refractivity contribution is 8.26. The summed E-state index contributed by atoms with van der Waals surface area (Å²) in [6.45, 7) is 4.11. The summed E-state index contributed by atoms with van der Waals surface area (Å²) >= 11 is 6.54. The van der Waals surface area contributed by atoms with Crippen molar-refractivity contribution in [2.75, 3.05) is 6.54 Å². The number of nitrogens with zero attached hydrogens (tertiary/aromatic N) is 1. The second-order valence-electron chi connectivity index (χ2n) is 7.31.